The van der Waals surface area contributed by atoms with Crippen molar-refractivity contribution in [3.8, 4) is 11.5 Å². The summed E-state index contributed by atoms with van der Waals surface area (Å²) in [6.45, 7) is 1.64. The highest BCUT2D eigenvalue weighted by atomic mass is 35.5. The fourth-order valence-corrected chi connectivity index (χ4v) is 5.40. The highest BCUT2D eigenvalue weighted by Crippen LogP contribution is 2.51. The number of phenolic OH excluding ortho intramolecular Hbond substituents is 2. The summed E-state index contributed by atoms with van der Waals surface area (Å²) in [7, 11) is 3.06. The van der Waals surface area contributed by atoms with Crippen LogP contribution in [-0.2, 0) is 16.0 Å². The van der Waals surface area contributed by atoms with Crippen molar-refractivity contribution in [2.45, 2.75) is 25.0 Å². The normalized spacial score (nSPS) is 25.3. The maximum Gasteiger partial charge on any atom is 0.255 e. The third kappa shape index (κ3) is 2.55. The van der Waals surface area contributed by atoms with Gasteiger partial charge in [0.25, 0.3) is 5.91 Å². The first-order valence-corrected chi connectivity index (χ1v) is 10.1. The molecule has 2 aliphatic carbocycles. The summed E-state index contributed by atoms with van der Waals surface area (Å²) >= 11 is 6.31. The molecule has 0 aromatic heterocycles. The molecule has 0 bridgehead atoms. The number of phenols is 2. The number of nitrogens with zero attached hydrogens (tertiary/aromatic N) is 1. The van der Waals surface area contributed by atoms with Gasteiger partial charge >= 0.3 is 0 Å². The molecule has 9 nitrogen and oxygen atoms in total. The van der Waals surface area contributed by atoms with Gasteiger partial charge in [0.1, 0.15) is 22.8 Å². The number of aryl methyl sites for hydroxylation is 1. The molecule has 0 aliphatic heterocycles. The Labute approximate surface area is 187 Å². The van der Waals surface area contributed by atoms with Crippen molar-refractivity contribution in [1.29, 1.82) is 0 Å². The monoisotopic (exact) mass is 460 g/mol. The third-order valence-corrected chi connectivity index (χ3v) is 6.88. The molecular weight excluding hydrogens is 440 g/mol. The molecule has 168 valence electrons. The van der Waals surface area contributed by atoms with Crippen LogP contribution in [0, 0.1) is 12.8 Å². The van der Waals surface area contributed by atoms with E-state index in [9.17, 15) is 34.8 Å². The number of carbonyl (C=O) groups excluding carboxylic acids is 3. The van der Waals surface area contributed by atoms with Gasteiger partial charge in [-0.1, -0.05) is 11.6 Å². The lowest BCUT2D eigenvalue weighted by Gasteiger charge is -2.47. The largest absolute Gasteiger partial charge is 0.508 e. The van der Waals surface area contributed by atoms with Gasteiger partial charge in [-0.2, -0.15) is 0 Å². The lowest BCUT2D eigenvalue weighted by atomic mass is 9.61. The van der Waals surface area contributed by atoms with E-state index in [0.717, 1.165) is 0 Å². The van der Waals surface area contributed by atoms with Gasteiger partial charge in [-0.25, -0.2) is 0 Å². The number of nitrogens with two attached hydrogens (primary N) is 1. The molecule has 0 radical (unpaired) electrons. The Hall–Kier alpha value is -3.14. The molecule has 4 rings (SSSR count). The summed E-state index contributed by atoms with van der Waals surface area (Å²) in [5, 5.41) is 44.0. The van der Waals surface area contributed by atoms with Crippen molar-refractivity contribution >= 4 is 39.8 Å². The molecular formula is C22H21ClN2O7. The van der Waals surface area contributed by atoms with Crippen LogP contribution in [0.25, 0.3) is 10.8 Å². The van der Waals surface area contributed by atoms with Crippen LogP contribution in [-0.4, -0.2) is 68.5 Å². The number of primary amides is 1. The number of halogens is 1. The van der Waals surface area contributed by atoms with Gasteiger partial charge < -0.3 is 26.2 Å². The van der Waals surface area contributed by atoms with E-state index in [1.165, 1.54) is 31.1 Å². The average Bonchev–Trinajstić information content (AvgIpc) is 2.69. The zero-order valence-electron chi connectivity index (χ0n) is 17.4. The van der Waals surface area contributed by atoms with Crippen LogP contribution in [0.2, 0.25) is 5.02 Å². The predicted molar refractivity (Wildman–Crippen MR) is 115 cm³/mol. The highest BCUT2D eigenvalue weighted by molar-refractivity contribution is 6.37. The Morgan fingerprint density at radius 3 is 2.38 bits per heavy atom. The number of aliphatic hydroxyl groups is 2. The fraction of sp³-hybridized carbons (Fsp3) is 0.318. The minimum absolute atomic E-state index is 0.0845. The molecule has 0 spiro atoms. The lowest BCUT2D eigenvalue weighted by Crippen LogP contribution is -2.64. The van der Waals surface area contributed by atoms with E-state index in [2.05, 4.69) is 0 Å². The van der Waals surface area contributed by atoms with Crippen LogP contribution in [0.1, 0.15) is 21.5 Å². The van der Waals surface area contributed by atoms with E-state index in [1.54, 1.807) is 6.92 Å². The molecule has 3 atom stereocenters. The summed E-state index contributed by atoms with van der Waals surface area (Å²) < 4.78 is 0. The fourth-order valence-electron chi connectivity index (χ4n) is 5.10. The Kier molecular flexibility index (Phi) is 4.78. The summed E-state index contributed by atoms with van der Waals surface area (Å²) in [4.78, 5) is 40.0. The summed E-state index contributed by atoms with van der Waals surface area (Å²) in [6.07, 6.45) is -0.108. The first-order chi connectivity index (χ1) is 14.8. The first kappa shape index (κ1) is 22.1. The number of benzene rings is 2. The lowest BCUT2D eigenvalue weighted by molar-refractivity contribution is -0.132. The van der Waals surface area contributed by atoms with E-state index in [4.69, 9.17) is 17.3 Å². The molecule has 32 heavy (non-hydrogen) atoms. The minimum Gasteiger partial charge on any atom is -0.508 e. The number of hydrogen-bond acceptors (Lipinski definition) is 8. The second-order valence-corrected chi connectivity index (χ2v) is 8.82. The number of aliphatic hydroxyl groups excluding tert-OH is 1. The number of fused-ring (bicyclic) bond motifs is 3. The Morgan fingerprint density at radius 1 is 1.19 bits per heavy atom. The first-order valence-electron chi connectivity index (χ1n) is 9.72. The number of ketones is 2. The van der Waals surface area contributed by atoms with E-state index in [0.29, 0.717) is 16.5 Å². The standard InChI is InChI=1S/C22H21ClN2O7/c1-7-8-6-9-16(25(2)3)18(28)15(21(24)31)20(30)22(9,32)19(29)13(8)17(27)14-11(26)5-4-10(23)12(7)14/h4-5,9,16,26-27,30,32H,6H2,1-3H3,(H2,24,31)/t9?,16-,22+/m1/s1. The van der Waals surface area contributed by atoms with Crippen molar-refractivity contribution in [2.75, 3.05) is 14.1 Å². The topological polar surface area (TPSA) is 161 Å². The average molecular weight is 461 g/mol. The van der Waals surface area contributed by atoms with Crippen LogP contribution in [0.15, 0.2) is 23.5 Å². The SMILES string of the molecule is Cc1c2c(c(O)c3c(O)ccc(Cl)c13)C(=O)[C@]1(O)C(O)=C(C(N)=O)C(=O)[C@H](N(C)C)C1C2. The maximum atomic E-state index is 13.6. The second-order valence-electron chi connectivity index (χ2n) is 8.41. The molecule has 0 saturated heterocycles. The van der Waals surface area contributed by atoms with Gasteiger partial charge in [-0.15, -0.1) is 0 Å². The van der Waals surface area contributed by atoms with Gasteiger partial charge in [0.05, 0.1) is 17.0 Å². The quantitative estimate of drug-likeness (QED) is 0.416. The zero-order valence-corrected chi connectivity index (χ0v) is 18.2. The smallest absolute Gasteiger partial charge is 0.255 e. The molecule has 0 saturated carbocycles. The van der Waals surface area contributed by atoms with Crippen molar-refractivity contribution in [2.24, 2.45) is 11.7 Å². The predicted octanol–water partition coefficient (Wildman–Crippen LogP) is 1.11. The van der Waals surface area contributed by atoms with Crippen molar-refractivity contribution in [3.63, 3.8) is 0 Å². The van der Waals surface area contributed by atoms with Gasteiger partial charge in [-0.3, -0.25) is 19.3 Å². The molecule has 1 amide bonds. The summed E-state index contributed by atoms with van der Waals surface area (Å²) in [6, 6.07) is 1.54. The van der Waals surface area contributed by atoms with E-state index in [1.807, 2.05) is 0 Å². The van der Waals surface area contributed by atoms with Gasteiger partial charge in [0, 0.05) is 16.3 Å². The Bertz CT molecular complexity index is 1280. The van der Waals surface area contributed by atoms with Crippen LogP contribution in [0.5, 0.6) is 11.5 Å². The molecule has 2 aliphatic rings. The van der Waals surface area contributed by atoms with E-state index >= 15 is 0 Å². The summed E-state index contributed by atoms with van der Waals surface area (Å²) in [5.74, 6) is -6.49. The number of aromatic hydroxyl groups is 2. The highest BCUT2D eigenvalue weighted by Gasteiger charge is 2.62. The second kappa shape index (κ2) is 6.93. The molecule has 6 N–H and O–H groups in total. The van der Waals surface area contributed by atoms with Gasteiger partial charge in [0.2, 0.25) is 5.78 Å². The number of Topliss-reactive ketones (excluding diaryl/α,β-unsaturated/α-hetero) is 2. The Morgan fingerprint density at radius 2 is 1.81 bits per heavy atom. The molecule has 0 heterocycles. The molecule has 2 aromatic carbocycles. The van der Waals surface area contributed by atoms with Crippen molar-refractivity contribution < 1.29 is 34.8 Å². The van der Waals surface area contributed by atoms with E-state index in [-0.39, 0.29) is 28.1 Å². The van der Waals surface area contributed by atoms with Crippen molar-refractivity contribution in [3.05, 3.63) is 45.2 Å². The van der Waals surface area contributed by atoms with Crippen molar-refractivity contribution in [1.82, 2.24) is 4.90 Å². The summed E-state index contributed by atoms with van der Waals surface area (Å²) in [5.41, 5.74) is 2.19. The number of carbonyl (C=O) groups is 3. The minimum atomic E-state index is -2.69. The maximum absolute atomic E-state index is 13.6. The van der Waals surface area contributed by atoms with Crippen LogP contribution >= 0.6 is 11.6 Å². The Balaban J connectivity index is 2.13. The zero-order chi connectivity index (χ0) is 23.9. The third-order valence-electron chi connectivity index (χ3n) is 6.57. The van der Waals surface area contributed by atoms with Crippen LogP contribution in [0.4, 0.5) is 0 Å². The number of amides is 1. The number of rotatable bonds is 2. The number of likely N-dealkylation sites (N-methyl/N-ethyl adjacent to an activating group) is 1. The molecule has 10 heteroatoms. The van der Waals surface area contributed by atoms with Crippen LogP contribution < -0.4 is 5.73 Å². The molecule has 0 fully saturated rings. The van der Waals surface area contributed by atoms with Crippen LogP contribution in [0.3, 0.4) is 0 Å². The number of hydrogen-bond donors (Lipinski definition) is 5. The van der Waals surface area contributed by atoms with Gasteiger partial charge in [0.15, 0.2) is 11.4 Å². The molecule has 1 unspecified atom stereocenters. The van der Waals surface area contributed by atoms with Gasteiger partial charge in [-0.05, 0) is 50.7 Å². The van der Waals surface area contributed by atoms with E-state index < -0.39 is 52.1 Å². The molecule has 2 aromatic rings.